The maximum Gasteiger partial charge on any atom is 0.341 e. The lowest BCUT2D eigenvalue weighted by molar-refractivity contribution is 0.0527. The van der Waals surface area contributed by atoms with Crippen molar-refractivity contribution in [3.8, 4) is 11.5 Å². The molecule has 0 saturated carbocycles. The number of hydrogen-bond acceptors (Lipinski definition) is 6. The minimum absolute atomic E-state index is 0.217. The van der Waals surface area contributed by atoms with Crippen LogP contribution in [-0.4, -0.2) is 24.5 Å². The van der Waals surface area contributed by atoms with Crippen molar-refractivity contribution >= 4 is 56.9 Å². The van der Waals surface area contributed by atoms with Crippen LogP contribution in [0.1, 0.15) is 38.8 Å². The molecule has 0 amide bonds. The Balaban J connectivity index is 1.62. The first-order chi connectivity index (χ1) is 15.9. The van der Waals surface area contributed by atoms with E-state index in [0.717, 1.165) is 33.0 Å². The second kappa shape index (κ2) is 9.99. The third kappa shape index (κ3) is 5.08. The number of anilines is 2. The number of carbonyl (C=O) groups is 1. The van der Waals surface area contributed by atoms with E-state index in [9.17, 15) is 4.79 Å². The number of fused-ring (bicyclic) bond motifs is 1. The SMILES string of the molecule is CCOC(=O)c1c(NC(=S)Nc2cccc(Cl)c2C)sc(C)c1Cc1ccc2c(c1)OCO2. The average Bonchev–Trinajstić information content (AvgIpc) is 3.35. The highest BCUT2D eigenvalue weighted by molar-refractivity contribution is 7.80. The normalized spacial score (nSPS) is 11.9. The molecule has 1 aliphatic heterocycles. The Kier molecular flexibility index (Phi) is 7.07. The van der Waals surface area contributed by atoms with Crippen molar-refractivity contribution in [2.45, 2.75) is 27.2 Å². The molecule has 172 valence electrons. The van der Waals surface area contributed by atoms with Gasteiger partial charge in [-0.1, -0.05) is 23.7 Å². The number of nitrogens with one attached hydrogen (secondary N) is 2. The van der Waals surface area contributed by atoms with Gasteiger partial charge >= 0.3 is 5.97 Å². The molecule has 1 aliphatic rings. The largest absolute Gasteiger partial charge is 0.462 e. The molecule has 0 aliphatic carbocycles. The van der Waals surface area contributed by atoms with Crippen LogP contribution in [0.4, 0.5) is 10.7 Å². The monoisotopic (exact) mass is 502 g/mol. The van der Waals surface area contributed by atoms with Crippen LogP contribution in [0.25, 0.3) is 0 Å². The predicted octanol–water partition coefficient (Wildman–Crippen LogP) is 6.32. The van der Waals surface area contributed by atoms with Crippen LogP contribution in [0.5, 0.6) is 11.5 Å². The molecule has 0 atom stereocenters. The zero-order valence-corrected chi connectivity index (χ0v) is 20.8. The first kappa shape index (κ1) is 23.4. The number of carbonyl (C=O) groups excluding carboxylic acids is 1. The maximum absolute atomic E-state index is 12.9. The molecule has 3 aromatic rings. The quantitative estimate of drug-likeness (QED) is 0.302. The fourth-order valence-corrected chi connectivity index (χ4v) is 5.07. The molecular weight excluding hydrogens is 480 g/mol. The van der Waals surface area contributed by atoms with Gasteiger partial charge in [-0.15, -0.1) is 11.3 Å². The number of ether oxygens (including phenoxy) is 3. The Morgan fingerprint density at radius 2 is 1.97 bits per heavy atom. The molecule has 0 unspecified atom stereocenters. The molecule has 0 saturated heterocycles. The maximum atomic E-state index is 12.9. The van der Waals surface area contributed by atoms with Crippen molar-refractivity contribution in [3.05, 3.63) is 68.6 Å². The van der Waals surface area contributed by atoms with Crippen molar-refractivity contribution in [3.63, 3.8) is 0 Å². The summed E-state index contributed by atoms with van der Waals surface area (Å²) in [6.45, 7) is 6.18. The molecule has 2 N–H and O–H groups in total. The van der Waals surface area contributed by atoms with E-state index >= 15 is 0 Å². The minimum Gasteiger partial charge on any atom is -0.462 e. The highest BCUT2D eigenvalue weighted by Crippen LogP contribution is 2.38. The number of rotatable bonds is 6. The van der Waals surface area contributed by atoms with E-state index in [4.69, 9.17) is 38.0 Å². The summed E-state index contributed by atoms with van der Waals surface area (Å²) in [6.07, 6.45) is 0.544. The Labute approximate surface area is 206 Å². The second-order valence-electron chi connectivity index (χ2n) is 7.42. The van der Waals surface area contributed by atoms with E-state index in [1.807, 2.05) is 50.2 Å². The summed E-state index contributed by atoms with van der Waals surface area (Å²) < 4.78 is 16.3. The summed E-state index contributed by atoms with van der Waals surface area (Å²) in [5.41, 5.74) is 4.07. The fourth-order valence-electron chi connectivity index (χ4n) is 3.55. The van der Waals surface area contributed by atoms with Crippen LogP contribution in [0.3, 0.4) is 0 Å². The zero-order chi connectivity index (χ0) is 23.5. The van der Waals surface area contributed by atoms with Gasteiger partial charge in [-0.25, -0.2) is 4.79 Å². The van der Waals surface area contributed by atoms with Gasteiger partial charge in [-0.05, 0) is 80.4 Å². The van der Waals surface area contributed by atoms with Crippen LogP contribution in [0, 0.1) is 13.8 Å². The van der Waals surface area contributed by atoms with E-state index < -0.39 is 0 Å². The summed E-state index contributed by atoms with van der Waals surface area (Å²) in [5.74, 6) is 1.04. The molecule has 0 bridgehead atoms. The van der Waals surface area contributed by atoms with Gasteiger partial charge < -0.3 is 24.8 Å². The first-order valence-electron chi connectivity index (χ1n) is 10.4. The predicted molar refractivity (Wildman–Crippen MR) is 136 cm³/mol. The lowest BCUT2D eigenvalue weighted by Crippen LogP contribution is -2.21. The van der Waals surface area contributed by atoms with Gasteiger partial charge in [0, 0.05) is 15.6 Å². The highest BCUT2D eigenvalue weighted by atomic mass is 35.5. The van der Waals surface area contributed by atoms with Crippen LogP contribution in [-0.2, 0) is 11.2 Å². The van der Waals surface area contributed by atoms with Gasteiger partial charge in [0.2, 0.25) is 6.79 Å². The van der Waals surface area contributed by atoms with Crippen molar-refractivity contribution in [1.82, 2.24) is 0 Å². The van der Waals surface area contributed by atoms with Gasteiger partial charge in [0.25, 0.3) is 0 Å². The molecule has 1 aromatic heterocycles. The van der Waals surface area contributed by atoms with Gasteiger partial charge in [-0.3, -0.25) is 0 Å². The summed E-state index contributed by atoms with van der Waals surface area (Å²) in [7, 11) is 0. The number of thiocarbonyl (C=S) groups is 1. The molecule has 0 radical (unpaired) electrons. The zero-order valence-electron chi connectivity index (χ0n) is 18.4. The highest BCUT2D eigenvalue weighted by Gasteiger charge is 2.25. The average molecular weight is 503 g/mol. The van der Waals surface area contributed by atoms with Gasteiger partial charge in [0.15, 0.2) is 16.6 Å². The summed E-state index contributed by atoms with van der Waals surface area (Å²) in [4.78, 5) is 13.9. The van der Waals surface area contributed by atoms with Crippen molar-refractivity contribution < 1.29 is 19.0 Å². The number of benzene rings is 2. The first-order valence-corrected chi connectivity index (χ1v) is 12.0. The van der Waals surface area contributed by atoms with Crippen molar-refractivity contribution in [1.29, 1.82) is 0 Å². The van der Waals surface area contributed by atoms with E-state index in [0.29, 0.717) is 32.9 Å². The Morgan fingerprint density at radius 3 is 2.76 bits per heavy atom. The fraction of sp³-hybridized carbons (Fsp3) is 0.250. The number of aryl methyl sites for hydroxylation is 1. The molecule has 2 aromatic carbocycles. The molecule has 2 heterocycles. The molecule has 0 fully saturated rings. The Bertz CT molecular complexity index is 1230. The van der Waals surface area contributed by atoms with E-state index in [2.05, 4.69) is 10.6 Å². The van der Waals surface area contributed by atoms with E-state index in [-0.39, 0.29) is 19.4 Å². The smallest absolute Gasteiger partial charge is 0.341 e. The molecule has 4 rings (SSSR count). The molecule has 6 nitrogen and oxygen atoms in total. The van der Waals surface area contributed by atoms with Crippen LogP contribution >= 0.6 is 35.2 Å². The second-order valence-corrected chi connectivity index (χ2v) is 9.46. The summed E-state index contributed by atoms with van der Waals surface area (Å²) in [6, 6.07) is 11.4. The lowest BCUT2D eigenvalue weighted by atomic mass is 10.0. The Hall–Kier alpha value is -2.81. The molecule has 9 heteroatoms. The number of halogens is 1. The van der Waals surface area contributed by atoms with Gasteiger partial charge in [0.1, 0.15) is 5.00 Å². The minimum atomic E-state index is -0.387. The Morgan fingerprint density at radius 1 is 1.18 bits per heavy atom. The van der Waals surface area contributed by atoms with Crippen LogP contribution in [0.15, 0.2) is 36.4 Å². The summed E-state index contributed by atoms with van der Waals surface area (Å²) in [5, 5.41) is 8.00. The number of hydrogen-bond donors (Lipinski definition) is 2. The molecular formula is C24H23ClN2O4S2. The molecule has 0 spiro atoms. The van der Waals surface area contributed by atoms with Crippen molar-refractivity contribution in [2.24, 2.45) is 0 Å². The van der Waals surface area contributed by atoms with Crippen LogP contribution < -0.4 is 20.1 Å². The van der Waals surface area contributed by atoms with Gasteiger partial charge in [-0.2, -0.15) is 0 Å². The number of thiophene rings is 1. The third-order valence-corrected chi connectivity index (χ3v) is 6.93. The summed E-state index contributed by atoms with van der Waals surface area (Å²) >= 11 is 13.2. The van der Waals surface area contributed by atoms with E-state index in [1.165, 1.54) is 11.3 Å². The topological polar surface area (TPSA) is 68.8 Å². The van der Waals surface area contributed by atoms with Crippen molar-refractivity contribution in [2.75, 3.05) is 24.0 Å². The third-order valence-electron chi connectivity index (χ3n) is 5.25. The lowest BCUT2D eigenvalue weighted by Gasteiger charge is -2.14. The van der Waals surface area contributed by atoms with Gasteiger partial charge in [0.05, 0.1) is 12.2 Å². The standard InChI is InChI=1S/C24H23ClN2O4S2/c1-4-29-23(28)21-16(10-15-8-9-19-20(11-15)31-12-30-19)14(3)33-22(21)27-24(32)26-18-7-5-6-17(25)13(18)2/h5-9,11H,4,10,12H2,1-3H3,(H2,26,27,32). The molecule has 33 heavy (non-hydrogen) atoms. The number of esters is 1. The van der Waals surface area contributed by atoms with Crippen LogP contribution in [0.2, 0.25) is 5.02 Å². The van der Waals surface area contributed by atoms with E-state index in [1.54, 1.807) is 6.92 Å².